The van der Waals surface area contributed by atoms with Gasteiger partial charge in [-0.05, 0) is 62.6 Å². The predicted octanol–water partition coefficient (Wildman–Crippen LogP) is 5.70. The molecule has 3 aliphatic heterocycles. The number of rotatable bonds is 16. The van der Waals surface area contributed by atoms with Gasteiger partial charge in [-0.2, -0.15) is 0 Å². The molecule has 3 heterocycles. The summed E-state index contributed by atoms with van der Waals surface area (Å²) >= 11 is 6.70. The zero-order valence-corrected chi connectivity index (χ0v) is 30.7. The average molecular weight is 720 g/mol. The molecule has 5 rings (SSSR count). The van der Waals surface area contributed by atoms with E-state index in [1.165, 1.54) is 9.80 Å². The third kappa shape index (κ3) is 7.36. The highest BCUT2D eigenvalue weighted by Gasteiger charge is 2.76. The fraction of sp³-hybridized carbons (Fsp3) is 0.500. The molecule has 2 N–H and O–H groups in total. The van der Waals surface area contributed by atoms with E-state index in [9.17, 15) is 19.5 Å². The van der Waals surface area contributed by atoms with Crippen molar-refractivity contribution in [2.45, 2.75) is 95.7 Å². The number of fused-ring (bicyclic) bond motifs is 1. The molecule has 3 amide bonds. The van der Waals surface area contributed by atoms with Crippen molar-refractivity contribution < 1.29 is 33.8 Å². The van der Waals surface area contributed by atoms with Gasteiger partial charge in [-0.1, -0.05) is 80.1 Å². The zero-order chi connectivity index (χ0) is 37.0. The lowest BCUT2D eigenvalue weighted by atomic mass is 9.70. The number of esters is 1. The van der Waals surface area contributed by atoms with Crippen LogP contribution in [0, 0.1) is 24.7 Å². The Bertz CT molecular complexity index is 1610. The van der Waals surface area contributed by atoms with Gasteiger partial charge >= 0.3 is 5.97 Å². The van der Waals surface area contributed by atoms with Crippen LogP contribution in [0.4, 0.5) is 5.69 Å². The molecule has 0 aliphatic carbocycles. The normalized spacial score (nSPS) is 25.2. The summed E-state index contributed by atoms with van der Waals surface area (Å²) in [7, 11) is 0. The Morgan fingerprint density at radius 1 is 1.14 bits per heavy atom. The largest absolute Gasteiger partial charge is 0.455 e. The van der Waals surface area contributed by atoms with Crippen molar-refractivity contribution in [3.63, 3.8) is 0 Å². The minimum atomic E-state index is -1.34. The van der Waals surface area contributed by atoms with Gasteiger partial charge in [-0.3, -0.25) is 19.2 Å². The van der Waals surface area contributed by atoms with E-state index in [0.717, 1.165) is 5.56 Å². The number of amides is 3. The summed E-state index contributed by atoms with van der Waals surface area (Å²) in [4.78, 5) is 60.0. The predicted molar refractivity (Wildman–Crippen MR) is 196 cm³/mol. The summed E-state index contributed by atoms with van der Waals surface area (Å²) in [6.07, 6.45) is 3.72. The Labute approximate surface area is 305 Å². The monoisotopic (exact) mass is 719 g/mol. The van der Waals surface area contributed by atoms with E-state index in [1.54, 1.807) is 31.2 Å². The number of anilines is 1. The third-order valence-corrected chi connectivity index (χ3v) is 10.7. The average Bonchev–Trinajstić information content (AvgIpc) is 3.75. The number of carbonyl (C=O) groups is 4. The molecule has 8 atom stereocenters. The number of carbonyl (C=O) groups excluding carboxylic acids is 4. The van der Waals surface area contributed by atoms with Crippen LogP contribution in [-0.2, 0) is 28.7 Å². The fourth-order valence-electron chi connectivity index (χ4n) is 8.33. The van der Waals surface area contributed by atoms with E-state index in [2.05, 4.69) is 18.5 Å². The smallest absolute Gasteiger partial charge is 0.313 e. The number of aliphatic hydroxyl groups excluding tert-OH is 1. The molecule has 3 aliphatic rings. The molecule has 0 aromatic heterocycles. The van der Waals surface area contributed by atoms with Crippen LogP contribution < -0.4 is 10.2 Å². The standard InChI is InChI=1S/C40H50ClN3O7/c1-7-9-18-31(46)42-26(6)35(27-15-11-10-12-16-27)50-39(49)32-30-19-20-40(51-30)33(32)37(47)44(28(23-45)22-24(3)4)36(40)38(48)43(21-8-2)34-25(5)14-13-17-29(34)41/h7-8,10-17,24,26,28,30,32-33,35-36,45H,1-2,9,18-23H2,3-6H3,(H,42,46)/t26-,28-,30+,32-,33-,35-,36+,40-/m1/s1. The Morgan fingerprint density at radius 3 is 2.49 bits per heavy atom. The molecule has 3 fully saturated rings. The number of ether oxygens (including phenoxy) is 2. The van der Waals surface area contributed by atoms with Gasteiger partial charge in [0.25, 0.3) is 5.91 Å². The number of nitrogens with one attached hydrogen (secondary N) is 1. The summed E-state index contributed by atoms with van der Waals surface area (Å²) in [6, 6.07) is 12.1. The van der Waals surface area contributed by atoms with Crippen LogP contribution in [0.25, 0.3) is 0 Å². The van der Waals surface area contributed by atoms with Crippen molar-refractivity contribution in [3.05, 3.63) is 90.0 Å². The van der Waals surface area contributed by atoms with Crippen LogP contribution >= 0.6 is 11.6 Å². The highest BCUT2D eigenvalue weighted by Crippen LogP contribution is 2.59. The highest BCUT2D eigenvalue weighted by atomic mass is 35.5. The first-order valence-corrected chi connectivity index (χ1v) is 18.2. The number of likely N-dealkylation sites (tertiary alicyclic amines) is 1. The molecule has 2 aromatic carbocycles. The second kappa shape index (κ2) is 16.1. The molecule has 2 aromatic rings. The molecule has 0 radical (unpaired) electrons. The second-order valence-electron chi connectivity index (χ2n) is 14.4. The van der Waals surface area contributed by atoms with Crippen molar-refractivity contribution >= 4 is 41.0 Å². The first kappa shape index (κ1) is 38.2. The van der Waals surface area contributed by atoms with Crippen molar-refractivity contribution in [3.8, 4) is 0 Å². The molecular weight excluding hydrogens is 670 g/mol. The van der Waals surface area contributed by atoms with E-state index in [1.807, 2.05) is 57.2 Å². The van der Waals surface area contributed by atoms with E-state index >= 15 is 4.79 Å². The molecule has 274 valence electrons. The lowest BCUT2D eigenvalue weighted by Crippen LogP contribution is -2.59. The van der Waals surface area contributed by atoms with Crippen molar-refractivity contribution in [2.75, 3.05) is 18.1 Å². The molecule has 3 saturated heterocycles. The van der Waals surface area contributed by atoms with Crippen LogP contribution in [0.5, 0.6) is 0 Å². The maximum atomic E-state index is 15.0. The maximum Gasteiger partial charge on any atom is 0.313 e. The van der Waals surface area contributed by atoms with Crippen molar-refractivity contribution in [2.24, 2.45) is 17.8 Å². The van der Waals surface area contributed by atoms with Crippen LogP contribution in [0.3, 0.4) is 0 Å². The van der Waals surface area contributed by atoms with Gasteiger partial charge in [-0.25, -0.2) is 0 Å². The van der Waals surface area contributed by atoms with Gasteiger partial charge in [0.1, 0.15) is 17.7 Å². The number of nitrogens with zero attached hydrogens (tertiary/aromatic N) is 2. The fourth-order valence-corrected chi connectivity index (χ4v) is 8.65. The zero-order valence-electron chi connectivity index (χ0n) is 29.9. The minimum absolute atomic E-state index is 0.0894. The SMILES string of the molecule is C=CCCC(=O)N[C@H](C)[C@@H](OC(=O)[C@@H]1[C@@H]2CC[C@]3(O2)[C@H](C(=O)N(CC=C)c2c(C)cccc2Cl)N([C@@H](CO)CC(C)C)C(=O)[C@@H]13)c1ccccc1. The van der Waals surface area contributed by atoms with Gasteiger partial charge in [0.15, 0.2) is 0 Å². The van der Waals surface area contributed by atoms with Crippen LogP contribution in [0.15, 0.2) is 73.8 Å². The van der Waals surface area contributed by atoms with Gasteiger partial charge in [0.05, 0.1) is 47.3 Å². The molecule has 10 nitrogen and oxygen atoms in total. The Morgan fingerprint density at radius 2 is 1.86 bits per heavy atom. The number of benzene rings is 2. The number of hydrogen-bond acceptors (Lipinski definition) is 7. The number of hydrogen-bond donors (Lipinski definition) is 2. The molecule has 11 heteroatoms. The van der Waals surface area contributed by atoms with E-state index in [4.69, 9.17) is 21.1 Å². The number of para-hydroxylation sites is 1. The first-order chi connectivity index (χ1) is 24.4. The summed E-state index contributed by atoms with van der Waals surface area (Å²) in [5.74, 6) is -3.62. The van der Waals surface area contributed by atoms with E-state index in [0.29, 0.717) is 42.0 Å². The summed E-state index contributed by atoms with van der Waals surface area (Å²) < 4.78 is 13.0. The Hall–Kier alpha value is -3.99. The first-order valence-electron chi connectivity index (χ1n) is 17.8. The van der Waals surface area contributed by atoms with E-state index in [-0.39, 0.29) is 31.4 Å². The van der Waals surface area contributed by atoms with Gasteiger partial charge < -0.3 is 29.7 Å². The number of aryl methyl sites for hydroxylation is 1. The Kier molecular flexibility index (Phi) is 12.1. The number of allylic oxidation sites excluding steroid dienone is 1. The van der Waals surface area contributed by atoms with Gasteiger partial charge in [0, 0.05) is 13.0 Å². The minimum Gasteiger partial charge on any atom is -0.455 e. The highest BCUT2D eigenvalue weighted by molar-refractivity contribution is 6.34. The summed E-state index contributed by atoms with van der Waals surface area (Å²) in [5.41, 5.74) is 0.605. The second-order valence-corrected chi connectivity index (χ2v) is 14.8. The van der Waals surface area contributed by atoms with E-state index < -0.39 is 65.6 Å². The molecule has 51 heavy (non-hydrogen) atoms. The van der Waals surface area contributed by atoms with Crippen LogP contribution in [0.1, 0.15) is 70.1 Å². The lowest BCUT2D eigenvalue weighted by Gasteiger charge is -2.40. The van der Waals surface area contributed by atoms with Crippen LogP contribution in [0.2, 0.25) is 5.02 Å². The van der Waals surface area contributed by atoms with Gasteiger partial charge in [-0.15, -0.1) is 13.2 Å². The Balaban J connectivity index is 1.54. The van der Waals surface area contributed by atoms with Gasteiger partial charge in [0.2, 0.25) is 11.8 Å². The molecule has 1 spiro atoms. The van der Waals surface area contributed by atoms with Crippen molar-refractivity contribution in [1.29, 1.82) is 0 Å². The van der Waals surface area contributed by atoms with Crippen LogP contribution in [-0.4, -0.2) is 76.7 Å². The molecule has 0 unspecified atom stereocenters. The number of aliphatic hydroxyl groups is 1. The lowest BCUT2D eigenvalue weighted by molar-refractivity contribution is -0.162. The molecule has 2 bridgehead atoms. The quantitative estimate of drug-likeness (QED) is 0.168. The maximum absolute atomic E-state index is 15.0. The number of halogens is 1. The summed E-state index contributed by atoms with van der Waals surface area (Å²) in [5, 5.41) is 14.0. The topological polar surface area (TPSA) is 125 Å². The van der Waals surface area contributed by atoms with Crippen molar-refractivity contribution in [1.82, 2.24) is 10.2 Å². The summed E-state index contributed by atoms with van der Waals surface area (Å²) in [6.45, 7) is 14.9. The molecule has 0 saturated carbocycles. The third-order valence-electron chi connectivity index (χ3n) is 10.4. The molecular formula is C40H50ClN3O7.